The van der Waals surface area contributed by atoms with E-state index in [4.69, 9.17) is 0 Å². The summed E-state index contributed by atoms with van der Waals surface area (Å²) in [5.74, 6) is 1.49. The van der Waals surface area contributed by atoms with Gasteiger partial charge in [-0.05, 0) is 6.92 Å². The fraction of sp³-hybridized carbons (Fsp3) is 0.636. The summed E-state index contributed by atoms with van der Waals surface area (Å²) in [5, 5.41) is 1.18. The van der Waals surface area contributed by atoms with Crippen molar-refractivity contribution in [1.29, 1.82) is 0 Å². The SMILES string of the molecule is Cc1nc(N2CC(C)SC(C)C2)cc(=O)[nH]1. The fourth-order valence-electron chi connectivity index (χ4n) is 2.09. The third-order valence-electron chi connectivity index (χ3n) is 2.59. The van der Waals surface area contributed by atoms with Gasteiger partial charge in [-0.15, -0.1) is 0 Å². The summed E-state index contributed by atoms with van der Waals surface area (Å²) in [5.41, 5.74) is -0.0685. The molecule has 1 aliphatic rings. The maximum absolute atomic E-state index is 11.4. The van der Waals surface area contributed by atoms with Crippen molar-refractivity contribution in [2.24, 2.45) is 0 Å². The average Bonchev–Trinajstić information content (AvgIpc) is 2.14. The minimum atomic E-state index is -0.0685. The lowest BCUT2D eigenvalue weighted by Crippen LogP contribution is -2.41. The topological polar surface area (TPSA) is 49.0 Å². The van der Waals surface area contributed by atoms with E-state index in [9.17, 15) is 4.79 Å². The minimum Gasteiger partial charge on any atom is -0.354 e. The molecule has 16 heavy (non-hydrogen) atoms. The molecule has 0 bridgehead atoms. The third-order valence-corrected chi connectivity index (χ3v) is 3.82. The van der Waals surface area contributed by atoms with Crippen molar-refractivity contribution in [2.45, 2.75) is 31.3 Å². The van der Waals surface area contributed by atoms with Crippen molar-refractivity contribution < 1.29 is 0 Å². The van der Waals surface area contributed by atoms with Gasteiger partial charge in [0.15, 0.2) is 0 Å². The predicted molar refractivity (Wildman–Crippen MR) is 68.3 cm³/mol. The maximum atomic E-state index is 11.4. The van der Waals surface area contributed by atoms with Crippen LogP contribution in [0, 0.1) is 6.92 Å². The zero-order chi connectivity index (χ0) is 11.7. The number of rotatable bonds is 1. The molecule has 1 N–H and O–H groups in total. The van der Waals surface area contributed by atoms with Gasteiger partial charge in [0, 0.05) is 29.7 Å². The van der Waals surface area contributed by atoms with Crippen LogP contribution in [0.25, 0.3) is 0 Å². The highest BCUT2D eigenvalue weighted by molar-refractivity contribution is 8.00. The summed E-state index contributed by atoms with van der Waals surface area (Å²) >= 11 is 1.99. The van der Waals surface area contributed by atoms with Crippen LogP contribution in [0.2, 0.25) is 0 Å². The van der Waals surface area contributed by atoms with E-state index in [0.29, 0.717) is 16.3 Å². The Labute approximate surface area is 99.5 Å². The number of hydrogen-bond donors (Lipinski definition) is 1. The number of nitrogens with one attached hydrogen (secondary N) is 1. The van der Waals surface area contributed by atoms with E-state index in [1.54, 1.807) is 6.07 Å². The molecule has 2 unspecified atom stereocenters. The Bertz CT molecular complexity index is 421. The van der Waals surface area contributed by atoms with Crippen LogP contribution in [0.15, 0.2) is 10.9 Å². The van der Waals surface area contributed by atoms with Crippen LogP contribution < -0.4 is 10.5 Å². The van der Waals surface area contributed by atoms with Crippen LogP contribution in [0.4, 0.5) is 5.82 Å². The van der Waals surface area contributed by atoms with Crippen LogP contribution in [0.3, 0.4) is 0 Å². The Morgan fingerprint density at radius 2 is 2.06 bits per heavy atom. The zero-order valence-electron chi connectivity index (χ0n) is 9.86. The van der Waals surface area contributed by atoms with Crippen LogP contribution in [0.1, 0.15) is 19.7 Å². The lowest BCUT2D eigenvalue weighted by atomic mass is 10.3. The molecule has 5 heteroatoms. The van der Waals surface area contributed by atoms with E-state index < -0.39 is 0 Å². The lowest BCUT2D eigenvalue weighted by Gasteiger charge is -2.35. The van der Waals surface area contributed by atoms with Crippen molar-refractivity contribution in [3.8, 4) is 0 Å². The molecule has 88 valence electrons. The quantitative estimate of drug-likeness (QED) is 0.805. The molecule has 1 aliphatic heterocycles. The third kappa shape index (κ3) is 2.58. The molecule has 0 aromatic carbocycles. The largest absolute Gasteiger partial charge is 0.354 e. The Morgan fingerprint density at radius 1 is 1.44 bits per heavy atom. The van der Waals surface area contributed by atoms with Crippen molar-refractivity contribution >= 4 is 17.6 Å². The van der Waals surface area contributed by atoms with Gasteiger partial charge < -0.3 is 9.88 Å². The summed E-state index contributed by atoms with van der Waals surface area (Å²) in [6.45, 7) is 8.17. The summed E-state index contributed by atoms with van der Waals surface area (Å²) < 4.78 is 0. The van der Waals surface area contributed by atoms with Crippen molar-refractivity contribution in [3.63, 3.8) is 0 Å². The number of nitrogens with zero attached hydrogens (tertiary/aromatic N) is 2. The minimum absolute atomic E-state index is 0.0685. The molecular formula is C11H17N3OS. The monoisotopic (exact) mass is 239 g/mol. The second-order valence-corrected chi connectivity index (χ2v) is 6.23. The van der Waals surface area contributed by atoms with Crippen LogP contribution in [-0.4, -0.2) is 33.6 Å². The molecule has 2 rings (SSSR count). The van der Waals surface area contributed by atoms with Crippen LogP contribution >= 0.6 is 11.8 Å². The van der Waals surface area contributed by atoms with Gasteiger partial charge in [0.1, 0.15) is 11.6 Å². The molecule has 2 atom stereocenters. The van der Waals surface area contributed by atoms with Gasteiger partial charge in [0.25, 0.3) is 5.56 Å². The molecule has 1 fully saturated rings. The molecule has 1 aromatic heterocycles. The predicted octanol–water partition coefficient (Wildman–Crippen LogP) is 1.41. The number of thioether (sulfide) groups is 1. The number of hydrogen-bond acceptors (Lipinski definition) is 4. The molecule has 4 nitrogen and oxygen atoms in total. The summed E-state index contributed by atoms with van der Waals surface area (Å²) in [6.07, 6.45) is 0. The summed E-state index contributed by atoms with van der Waals surface area (Å²) in [4.78, 5) is 20.7. The molecule has 1 aromatic rings. The average molecular weight is 239 g/mol. The first-order valence-electron chi connectivity index (χ1n) is 5.53. The Morgan fingerprint density at radius 3 is 2.62 bits per heavy atom. The van der Waals surface area contributed by atoms with Gasteiger partial charge in [-0.25, -0.2) is 4.98 Å². The van der Waals surface area contributed by atoms with Gasteiger partial charge in [-0.1, -0.05) is 13.8 Å². The maximum Gasteiger partial charge on any atom is 0.252 e. The van der Waals surface area contributed by atoms with E-state index in [1.807, 2.05) is 18.7 Å². The summed E-state index contributed by atoms with van der Waals surface area (Å²) in [6, 6.07) is 1.59. The first kappa shape index (κ1) is 11.5. The number of H-pyrrole nitrogens is 1. The van der Waals surface area contributed by atoms with E-state index in [2.05, 4.69) is 28.7 Å². The molecule has 1 saturated heterocycles. The van der Waals surface area contributed by atoms with Crippen molar-refractivity contribution in [2.75, 3.05) is 18.0 Å². The Hall–Kier alpha value is -0.970. The second kappa shape index (κ2) is 4.49. The Kier molecular flexibility index (Phi) is 3.23. The zero-order valence-corrected chi connectivity index (χ0v) is 10.7. The van der Waals surface area contributed by atoms with E-state index in [1.165, 1.54) is 0 Å². The number of aromatic amines is 1. The molecular weight excluding hydrogens is 222 g/mol. The van der Waals surface area contributed by atoms with Crippen LogP contribution in [0.5, 0.6) is 0 Å². The molecule has 0 spiro atoms. The molecule has 0 saturated carbocycles. The van der Waals surface area contributed by atoms with Crippen molar-refractivity contribution in [1.82, 2.24) is 9.97 Å². The van der Waals surface area contributed by atoms with Gasteiger partial charge in [-0.3, -0.25) is 4.79 Å². The fourth-order valence-corrected chi connectivity index (χ4v) is 3.42. The summed E-state index contributed by atoms with van der Waals surface area (Å²) in [7, 11) is 0. The van der Waals surface area contributed by atoms with Gasteiger partial charge in [0.2, 0.25) is 0 Å². The second-order valence-electron chi connectivity index (χ2n) is 4.35. The van der Waals surface area contributed by atoms with E-state index >= 15 is 0 Å². The number of anilines is 1. The first-order valence-corrected chi connectivity index (χ1v) is 6.47. The molecule has 0 amide bonds. The van der Waals surface area contributed by atoms with Crippen molar-refractivity contribution in [3.05, 3.63) is 22.2 Å². The Balaban J connectivity index is 2.26. The molecule has 2 heterocycles. The molecule has 0 radical (unpaired) electrons. The highest BCUT2D eigenvalue weighted by Crippen LogP contribution is 2.26. The van der Waals surface area contributed by atoms with Gasteiger partial charge in [-0.2, -0.15) is 11.8 Å². The highest BCUT2D eigenvalue weighted by Gasteiger charge is 2.23. The first-order chi connectivity index (χ1) is 7.54. The number of aryl methyl sites for hydroxylation is 1. The smallest absolute Gasteiger partial charge is 0.252 e. The molecule has 0 aliphatic carbocycles. The lowest BCUT2D eigenvalue weighted by molar-refractivity contribution is 0.714. The van der Waals surface area contributed by atoms with Gasteiger partial charge >= 0.3 is 0 Å². The van der Waals surface area contributed by atoms with E-state index in [-0.39, 0.29) is 5.56 Å². The van der Waals surface area contributed by atoms with E-state index in [0.717, 1.165) is 18.9 Å². The number of aromatic nitrogens is 2. The van der Waals surface area contributed by atoms with Crippen LogP contribution in [-0.2, 0) is 0 Å². The highest BCUT2D eigenvalue weighted by atomic mass is 32.2. The normalized spacial score (nSPS) is 25.8. The standard InChI is InChI=1S/C11H17N3OS/c1-7-5-14(6-8(2)16-7)10-4-11(15)13-9(3)12-10/h4,7-8H,5-6H2,1-3H3,(H,12,13,15). The van der Waals surface area contributed by atoms with Gasteiger partial charge in [0.05, 0.1) is 0 Å².